The Balaban J connectivity index is 1.30. The Bertz CT molecular complexity index is 1790. The zero-order chi connectivity index (χ0) is 34.1. The average molecular weight is 671 g/mol. The SMILES string of the molecule is COc1ccc(CNC(=O)N(C(C)C)N2CC(=O)N3[C@@H](Cc4ccc(N(C)C)cc4)C(=O)N(Cc4cccc5sc(N)nc45)C[C@@H]32)cc1. The van der Waals surface area contributed by atoms with Gasteiger partial charge < -0.3 is 30.5 Å². The van der Waals surface area contributed by atoms with Crippen molar-refractivity contribution in [3.8, 4) is 5.75 Å². The number of hydrogen-bond acceptors (Lipinski definition) is 9. The number of aromatic nitrogens is 1. The number of rotatable bonds is 10. The summed E-state index contributed by atoms with van der Waals surface area (Å²) in [6, 6.07) is 20.1. The fourth-order valence-corrected chi connectivity index (χ4v) is 7.31. The van der Waals surface area contributed by atoms with Crippen molar-refractivity contribution in [2.75, 3.05) is 44.9 Å². The van der Waals surface area contributed by atoms with E-state index >= 15 is 0 Å². The van der Waals surface area contributed by atoms with Gasteiger partial charge in [-0.15, -0.1) is 0 Å². The molecule has 252 valence electrons. The van der Waals surface area contributed by atoms with Gasteiger partial charge in [-0.25, -0.2) is 9.78 Å². The fourth-order valence-electron chi connectivity index (χ4n) is 6.52. The molecule has 6 rings (SSSR count). The summed E-state index contributed by atoms with van der Waals surface area (Å²) in [5.41, 5.74) is 10.6. The van der Waals surface area contributed by atoms with E-state index in [2.05, 4.69) is 10.3 Å². The molecular weight excluding hydrogens is 629 g/mol. The van der Waals surface area contributed by atoms with Crippen molar-refractivity contribution in [1.82, 2.24) is 30.1 Å². The zero-order valence-electron chi connectivity index (χ0n) is 27.9. The summed E-state index contributed by atoms with van der Waals surface area (Å²) in [5, 5.41) is 6.92. The Labute approximate surface area is 284 Å². The number of nitrogens with two attached hydrogens (primary N) is 1. The van der Waals surface area contributed by atoms with Crippen molar-refractivity contribution in [2.45, 2.75) is 51.6 Å². The van der Waals surface area contributed by atoms with Crippen molar-refractivity contribution >= 4 is 50.2 Å². The molecule has 3 aromatic carbocycles. The summed E-state index contributed by atoms with van der Waals surface area (Å²) in [4.78, 5) is 52.1. The molecule has 48 heavy (non-hydrogen) atoms. The number of thiazole rings is 1. The molecule has 3 heterocycles. The van der Waals surface area contributed by atoms with Crippen LogP contribution >= 0.6 is 11.3 Å². The van der Waals surface area contributed by atoms with Gasteiger partial charge in [0, 0.05) is 45.3 Å². The summed E-state index contributed by atoms with van der Waals surface area (Å²) in [7, 11) is 5.56. The Kier molecular flexibility index (Phi) is 9.42. The first kappa shape index (κ1) is 33.0. The monoisotopic (exact) mass is 670 g/mol. The molecule has 2 aliphatic heterocycles. The highest BCUT2D eigenvalue weighted by atomic mass is 32.1. The lowest BCUT2D eigenvalue weighted by molar-refractivity contribution is -0.158. The molecule has 2 saturated heterocycles. The minimum atomic E-state index is -0.748. The summed E-state index contributed by atoms with van der Waals surface area (Å²) in [6.07, 6.45) is -0.201. The number of ether oxygens (including phenoxy) is 1. The Morgan fingerprint density at radius 2 is 1.77 bits per heavy atom. The number of hydrazine groups is 1. The number of methoxy groups -OCH3 is 1. The molecule has 1 aromatic heterocycles. The van der Waals surface area contributed by atoms with Gasteiger partial charge in [-0.1, -0.05) is 47.7 Å². The predicted octanol–water partition coefficient (Wildman–Crippen LogP) is 3.91. The van der Waals surface area contributed by atoms with E-state index in [-0.39, 0.29) is 37.0 Å². The molecule has 2 aliphatic rings. The van der Waals surface area contributed by atoms with Gasteiger partial charge in [0.05, 0.1) is 30.4 Å². The minimum Gasteiger partial charge on any atom is -0.497 e. The summed E-state index contributed by atoms with van der Waals surface area (Å²) < 4.78 is 6.20. The minimum absolute atomic E-state index is 0.0197. The van der Waals surface area contributed by atoms with Crippen LogP contribution in [0.2, 0.25) is 0 Å². The van der Waals surface area contributed by atoms with Crippen molar-refractivity contribution in [2.24, 2.45) is 0 Å². The fraction of sp³-hybridized carbons (Fsp3) is 0.371. The molecule has 2 fully saturated rings. The van der Waals surface area contributed by atoms with Crippen LogP contribution < -0.4 is 20.7 Å². The lowest BCUT2D eigenvalue weighted by Gasteiger charge is -2.47. The van der Waals surface area contributed by atoms with Gasteiger partial charge in [-0.3, -0.25) is 14.6 Å². The van der Waals surface area contributed by atoms with Gasteiger partial charge in [0.1, 0.15) is 18.0 Å². The Hall–Kier alpha value is -4.88. The maximum Gasteiger partial charge on any atom is 0.332 e. The first-order chi connectivity index (χ1) is 23.0. The molecule has 0 radical (unpaired) electrons. The number of nitrogens with zero attached hydrogens (tertiary/aromatic N) is 6. The highest BCUT2D eigenvalue weighted by Crippen LogP contribution is 2.33. The second-order valence-corrected chi connectivity index (χ2v) is 13.7. The number of piperazine rings is 1. The molecule has 0 aliphatic carbocycles. The molecule has 0 saturated carbocycles. The summed E-state index contributed by atoms with van der Waals surface area (Å²) in [5.74, 6) is 0.405. The van der Waals surface area contributed by atoms with Crippen LogP contribution in [0.4, 0.5) is 15.6 Å². The van der Waals surface area contributed by atoms with Crippen molar-refractivity contribution in [3.05, 3.63) is 83.4 Å². The first-order valence-electron chi connectivity index (χ1n) is 16.0. The van der Waals surface area contributed by atoms with Crippen LogP contribution in [-0.2, 0) is 29.1 Å². The quantitative estimate of drug-likeness (QED) is 0.260. The largest absolute Gasteiger partial charge is 0.497 e. The van der Waals surface area contributed by atoms with E-state index in [1.807, 2.05) is 105 Å². The van der Waals surface area contributed by atoms with Gasteiger partial charge in [-0.05, 0) is 60.9 Å². The zero-order valence-corrected chi connectivity index (χ0v) is 28.7. The van der Waals surface area contributed by atoms with E-state index in [9.17, 15) is 14.4 Å². The standard InChI is InChI=1S/C35H42N8O4S/c1-22(2)43(35(46)37-18-24-11-15-27(47-5)16-12-24)41-21-31(44)42-28(17-23-9-13-26(14-10-23)39(3)4)33(45)40(20-30(41)42)19-25-7-6-8-29-32(25)38-34(36)48-29/h6-16,22,28,30H,17-21H2,1-5H3,(H2,36,38)(H,37,46)/t28-,30+/m0/s1. The highest BCUT2D eigenvalue weighted by Gasteiger charge is 2.52. The second kappa shape index (κ2) is 13.7. The van der Waals surface area contributed by atoms with E-state index in [0.717, 1.165) is 38.3 Å². The second-order valence-electron chi connectivity index (χ2n) is 12.6. The smallest absolute Gasteiger partial charge is 0.332 e. The number of nitrogen functional groups attached to an aromatic ring is 1. The van der Waals surface area contributed by atoms with E-state index in [0.29, 0.717) is 24.6 Å². The molecular formula is C35H42N8O4S. The van der Waals surface area contributed by atoms with Gasteiger partial charge in [0.2, 0.25) is 11.8 Å². The Morgan fingerprint density at radius 1 is 1.06 bits per heavy atom. The number of urea groups is 1. The van der Waals surface area contributed by atoms with Crippen LogP contribution in [0.15, 0.2) is 66.7 Å². The number of para-hydroxylation sites is 1. The predicted molar refractivity (Wildman–Crippen MR) is 187 cm³/mol. The number of anilines is 2. The molecule has 12 nitrogen and oxygen atoms in total. The van der Waals surface area contributed by atoms with E-state index in [1.165, 1.54) is 11.3 Å². The third kappa shape index (κ3) is 6.60. The van der Waals surface area contributed by atoms with E-state index in [4.69, 9.17) is 10.5 Å². The molecule has 0 unspecified atom stereocenters. The number of fused-ring (bicyclic) bond motifs is 2. The maximum atomic E-state index is 14.3. The third-order valence-electron chi connectivity index (χ3n) is 8.91. The van der Waals surface area contributed by atoms with Gasteiger partial charge in [0.15, 0.2) is 5.13 Å². The van der Waals surface area contributed by atoms with Crippen molar-refractivity contribution < 1.29 is 19.1 Å². The maximum absolute atomic E-state index is 14.3. The van der Waals surface area contributed by atoms with E-state index < -0.39 is 12.2 Å². The van der Waals surface area contributed by atoms with Crippen molar-refractivity contribution in [1.29, 1.82) is 0 Å². The van der Waals surface area contributed by atoms with Gasteiger partial charge in [-0.2, -0.15) is 5.01 Å². The number of carbonyl (C=O) groups excluding carboxylic acids is 3. The van der Waals surface area contributed by atoms with Crippen molar-refractivity contribution in [3.63, 3.8) is 0 Å². The molecule has 13 heteroatoms. The molecule has 2 atom stereocenters. The number of hydrogen-bond donors (Lipinski definition) is 2. The third-order valence-corrected chi connectivity index (χ3v) is 9.76. The van der Waals surface area contributed by atoms with Crippen LogP contribution in [0.5, 0.6) is 5.75 Å². The van der Waals surface area contributed by atoms with Gasteiger partial charge >= 0.3 is 6.03 Å². The highest BCUT2D eigenvalue weighted by molar-refractivity contribution is 7.22. The molecule has 0 bridgehead atoms. The topological polar surface area (TPSA) is 128 Å². The van der Waals surface area contributed by atoms with Crippen LogP contribution in [0.25, 0.3) is 10.2 Å². The number of benzene rings is 3. The lowest BCUT2D eigenvalue weighted by Crippen LogP contribution is -2.66. The number of carbonyl (C=O) groups is 3. The summed E-state index contributed by atoms with van der Waals surface area (Å²) >= 11 is 1.41. The van der Waals surface area contributed by atoms with Crippen LogP contribution in [0, 0.1) is 0 Å². The van der Waals surface area contributed by atoms with E-state index in [1.54, 1.807) is 21.9 Å². The molecule has 4 aromatic rings. The number of nitrogens with one attached hydrogen (secondary N) is 1. The summed E-state index contributed by atoms with van der Waals surface area (Å²) in [6.45, 7) is 4.65. The normalized spacial score (nSPS) is 18.0. The first-order valence-corrected chi connectivity index (χ1v) is 16.8. The average Bonchev–Trinajstić information content (AvgIpc) is 3.61. The molecule has 3 N–H and O–H groups in total. The van der Waals surface area contributed by atoms with Gasteiger partial charge in [0.25, 0.3) is 0 Å². The molecule has 0 spiro atoms. The van der Waals surface area contributed by atoms with Crippen LogP contribution in [0.3, 0.4) is 0 Å². The number of amides is 4. The van der Waals surface area contributed by atoms with Crippen LogP contribution in [-0.4, -0.2) is 95.2 Å². The van der Waals surface area contributed by atoms with Crippen LogP contribution in [0.1, 0.15) is 30.5 Å². The lowest BCUT2D eigenvalue weighted by atomic mass is 9.99. The Morgan fingerprint density at radius 3 is 2.44 bits per heavy atom. The molecule has 4 amide bonds.